The summed E-state index contributed by atoms with van der Waals surface area (Å²) in [6.07, 6.45) is 9.37. The van der Waals surface area contributed by atoms with Crippen molar-refractivity contribution in [3.05, 3.63) is 0 Å². The van der Waals surface area contributed by atoms with Crippen molar-refractivity contribution in [1.82, 2.24) is 0 Å². The Balaban J connectivity index is 2.00. The molecule has 0 aliphatic carbocycles. The normalized spacial score (nSPS) is 24.1. The van der Waals surface area contributed by atoms with E-state index in [1.807, 2.05) is 0 Å². The summed E-state index contributed by atoms with van der Waals surface area (Å²) in [4.78, 5) is 0. The van der Waals surface area contributed by atoms with E-state index in [2.05, 4.69) is 18.8 Å². The number of ether oxygens (including phenoxy) is 1. The molecule has 0 aromatic carbocycles. The number of rotatable bonds is 6. The fraction of sp³-hybridized carbons (Fsp3) is 0.857. The predicted molar refractivity (Wildman–Crippen MR) is 66.1 cm³/mol. The Kier molecular flexibility index (Phi) is 7.29. The third-order valence-electron chi connectivity index (χ3n) is 3.01. The highest BCUT2D eigenvalue weighted by atomic mass is 16.5. The Morgan fingerprint density at radius 2 is 1.94 bits per heavy atom. The number of hydrogen-bond acceptors (Lipinski definition) is 2. The van der Waals surface area contributed by atoms with Crippen LogP contribution in [0.25, 0.3) is 0 Å². The van der Waals surface area contributed by atoms with E-state index in [1.54, 1.807) is 0 Å². The maximum Gasteiger partial charge on any atom is 0.0810 e. The van der Waals surface area contributed by atoms with Crippen molar-refractivity contribution in [2.24, 2.45) is 0 Å². The van der Waals surface area contributed by atoms with Gasteiger partial charge in [-0.1, -0.05) is 26.2 Å². The van der Waals surface area contributed by atoms with Gasteiger partial charge in [0.05, 0.1) is 18.8 Å². The zero-order valence-corrected chi connectivity index (χ0v) is 10.4. The van der Waals surface area contributed by atoms with Crippen LogP contribution in [0.1, 0.15) is 58.3 Å². The van der Waals surface area contributed by atoms with Gasteiger partial charge in [0.2, 0.25) is 0 Å². The maximum atomic E-state index is 8.91. The molecule has 0 unspecified atom stereocenters. The van der Waals surface area contributed by atoms with E-state index in [9.17, 15) is 0 Å². The summed E-state index contributed by atoms with van der Waals surface area (Å²) in [5.41, 5.74) is 0. The minimum absolute atomic E-state index is 0.0661. The molecule has 1 aliphatic rings. The first-order valence-electron chi connectivity index (χ1n) is 6.58. The van der Waals surface area contributed by atoms with Crippen molar-refractivity contribution in [1.29, 1.82) is 0 Å². The lowest BCUT2D eigenvalue weighted by Gasteiger charge is -2.08. The maximum absolute atomic E-state index is 8.91. The van der Waals surface area contributed by atoms with Crippen molar-refractivity contribution in [2.45, 2.75) is 70.5 Å². The first kappa shape index (κ1) is 13.5. The molecule has 0 aromatic rings. The molecule has 16 heavy (non-hydrogen) atoms. The van der Waals surface area contributed by atoms with Crippen LogP contribution in [0.4, 0.5) is 0 Å². The molecule has 2 nitrogen and oxygen atoms in total. The zero-order valence-electron chi connectivity index (χ0n) is 10.4. The second-order valence-corrected chi connectivity index (χ2v) is 4.51. The molecule has 1 rings (SSSR count). The summed E-state index contributed by atoms with van der Waals surface area (Å²) < 4.78 is 5.60. The molecule has 0 bridgehead atoms. The molecule has 92 valence electrons. The van der Waals surface area contributed by atoms with E-state index in [-0.39, 0.29) is 18.8 Å². The number of unbranched alkanes of at least 4 members (excludes halogenated alkanes) is 4. The summed E-state index contributed by atoms with van der Waals surface area (Å²) in [6, 6.07) is 0. The minimum atomic E-state index is 0.0661. The fourth-order valence-corrected chi connectivity index (χ4v) is 1.98. The van der Waals surface area contributed by atoms with Crippen LogP contribution >= 0.6 is 0 Å². The van der Waals surface area contributed by atoms with E-state index in [0.717, 1.165) is 25.7 Å². The van der Waals surface area contributed by atoms with Crippen LogP contribution in [-0.2, 0) is 4.74 Å². The van der Waals surface area contributed by atoms with Crippen LogP contribution in [0.3, 0.4) is 0 Å². The fourth-order valence-electron chi connectivity index (χ4n) is 1.98. The smallest absolute Gasteiger partial charge is 0.0810 e. The quantitative estimate of drug-likeness (QED) is 0.555. The Morgan fingerprint density at radius 3 is 2.62 bits per heavy atom. The molecular formula is C14H24O2. The molecule has 2 atom stereocenters. The predicted octanol–water partition coefficient (Wildman–Crippen LogP) is 2.89. The lowest BCUT2D eigenvalue weighted by atomic mass is 10.1. The van der Waals surface area contributed by atoms with Crippen molar-refractivity contribution in [2.75, 3.05) is 6.61 Å². The van der Waals surface area contributed by atoms with Crippen molar-refractivity contribution in [3.8, 4) is 11.8 Å². The average molecular weight is 224 g/mol. The van der Waals surface area contributed by atoms with Gasteiger partial charge in [0.15, 0.2) is 0 Å². The van der Waals surface area contributed by atoms with Crippen molar-refractivity contribution < 1.29 is 9.84 Å². The van der Waals surface area contributed by atoms with Crippen LogP contribution in [0.5, 0.6) is 0 Å². The molecular weight excluding hydrogens is 200 g/mol. The highest BCUT2D eigenvalue weighted by Crippen LogP contribution is 2.21. The summed E-state index contributed by atoms with van der Waals surface area (Å²) >= 11 is 0. The van der Waals surface area contributed by atoms with Gasteiger partial charge < -0.3 is 9.84 Å². The summed E-state index contributed by atoms with van der Waals surface area (Å²) in [5, 5.41) is 8.91. The SMILES string of the molecule is CCCCCCC#CC[C@H]1CC[C@H](CO)O1. The van der Waals surface area contributed by atoms with Gasteiger partial charge in [0, 0.05) is 12.8 Å². The largest absolute Gasteiger partial charge is 0.394 e. The molecule has 1 heterocycles. The van der Waals surface area contributed by atoms with Crippen LogP contribution < -0.4 is 0 Å². The van der Waals surface area contributed by atoms with Crippen molar-refractivity contribution >= 4 is 0 Å². The van der Waals surface area contributed by atoms with Gasteiger partial charge in [0.25, 0.3) is 0 Å². The van der Waals surface area contributed by atoms with Crippen LogP contribution in [0, 0.1) is 11.8 Å². The number of aliphatic hydroxyl groups excluding tert-OH is 1. The first-order valence-corrected chi connectivity index (χ1v) is 6.58. The van der Waals surface area contributed by atoms with Gasteiger partial charge in [-0.25, -0.2) is 0 Å². The molecule has 2 heteroatoms. The molecule has 0 aromatic heterocycles. The van der Waals surface area contributed by atoms with Gasteiger partial charge in [0.1, 0.15) is 0 Å². The van der Waals surface area contributed by atoms with E-state index in [1.165, 1.54) is 25.7 Å². The number of hydrogen-bond donors (Lipinski definition) is 1. The van der Waals surface area contributed by atoms with E-state index >= 15 is 0 Å². The molecule has 0 radical (unpaired) electrons. The molecule has 0 amide bonds. The Morgan fingerprint density at radius 1 is 1.12 bits per heavy atom. The topological polar surface area (TPSA) is 29.5 Å². The lowest BCUT2D eigenvalue weighted by molar-refractivity contribution is 0.0142. The highest BCUT2D eigenvalue weighted by Gasteiger charge is 2.23. The third kappa shape index (κ3) is 5.53. The van der Waals surface area contributed by atoms with E-state index < -0.39 is 0 Å². The number of aliphatic hydroxyl groups is 1. The van der Waals surface area contributed by atoms with Crippen molar-refractivity contribution in [3.63, 3.8) is 0 Å². The first-order chi connectivity index (χ1) is 7.86. The van der Waals surface area contributed by atoms with Gasteiger partial charge in [-0.05, 0) is 19.3 Å². The van der Waals surface area contributed by atoms with Gasteiger partial charge >= 0.3 is 0 Å². The van der Waals surface area contributed by atoms with E-state index in [4.69, 9.17) is 9.84 Å². The Labute approximate surface area is 99.4 Å². The third-order valence-corrected chi connectivity index (χ3v) is 3.01. The molecule has 1 fully saturated rings. The van der Waals surface area contributed by atoms with Gasteiger partial charge in [-0.3, -0.25) is 0 Å². The van der Waals surface area contributed by atoms with Gasteiger partial charge in [-0.15, -0.1) is 11.8 Å². The van der Waals surface area contributed by atoms with Gasteiger partial charge in [-0.2, -0.15) is 0 Å². The molecule has 1 N–H and O–H groups in total. The Bertz CT molecular complexity index is 227. The second kappa shape index (κ2) is 8.61. The van der Waals surface area contributed by atoms with E-state index in [0.29, 0.717) is 0 Å². The van der Waals surface area contributed by atoms with Crippen LogP contribution in [-0.4, -0.2) is 23.9 Å². The highest BCUT2D eigenvalue weighted by molar-refractivity contribution is 5.01. The summed E-state index contributed by atoms with van der Waals surface area (Å²) in [6.45, 7) is 2.38. The Hall–Kier alpha value is -0.520. The van der Waals surface area contributed by atoms with Crippen LogP contribution in [0.15, 0.2) is 0 Å². The monoisotopic (exact) mass is 224 g/mol. The second-order valence-electron chi connectivity index (χ2n) is 4.51. The summed E-state index contributed by atoms with van der Waals surface area (Å²) in [7, 11) is 0. The van der Waals surface area contributed by atoms with Crippen LogP contribution in [0.2, 0.25) is 0 Å². The molecule has 0 spiro atoms. The lowest BCUT2D eigenvalue weighted by Crippen LogP contribution is -2.13. The molecule has 1 saturated heterocycles. The molecule has 1 aliphatic heterocycles. The molecule has 0 saturated carbocycles. The summed E-state index contributed by atoms with van der Waals surface area (Å²) in [5.74, 6) is 6.40. The zero-order chi connectivity index (χ0) is 11.6. The standard InChI is InChI=1S/C14H24O2/c1-2-3-4-5-6-7-8-9-13-10-11-14(12-15)16-13/h13-15H,2-6,9-12H2,1H3/t13-,14+/m0/s1. The average Bonchev–Trinajstić information content (AvgIpc) is 2.76. The minimum Gasteiger partial charge on any atom is -0.394 e.